The van der Waals surface area contributed by atoms with Crippen molar-refractivity contribution in [1.29, 1.82) is 0 Å². The molecule has 1 unspecified atom stereocenters. The molecule has 0 fully saturated rings. The van der Waals surface area contributed by atoms with Crippen LogP contribution in [0.3, 0.4) is 0 Å². The van der Waals surface area contributed by atoms with Crippen molar-refractivity contribution in [2.24, 2.45) is 0 Å². The smallest absolute Gasteiger partial charge is 0.158 e. The van der Waals surface area contributed by atoms with Crippen molar-refractivity contribution < 1.29 is 4.90 Å². The predicted octanol–water partition coefficient (Wildman–Crippen LogP) is 2.58. The van der Waals surface area contributed by atoms with Crippen LogP contribution in [0.1, 0.15) is 41.5 Å². The van der Waals surface area contributed by atoms with Crippen LogP contribution in [0.25, 0.3) is 0 Å². The third kappa shape index (κ3) is 2.19. The van der Waals surface area contributed by atoms with Gasteiger partial charge in [-0.15, -0.1) is 0 Å². The zero-order valence-corrected chi connectivity index (χ0v) is 12.0. The summed E-state index contributed by atoms with van der Waals surface area (Å²) >= 11 is 0. The van der Waals surface area contributed by atoms with E-state index in [0.29, 0.717) is 0 Å². The van der Waals surface area contributed by atoms with Gasteiger partial charge in [0.15, 0.2) is 12.4 Å². The third-order valence-electron chi connectivity index (χ3n) is 3.55. The number of para-hydroxylation sites is 2. The maximum atomic E-state index is 2.52. The molecule has 1 atom stereocenters. The Morgan fingerprint density at radius 1 is 1.00 bits per heavy atom. The summed E-state index contributed by atoms with van der Waals surface area (Å²) in [6.45, 7) is 14.9. The number of nitrogens with zero attached hydrogens (tertiary/aromatic N) is 1. The Bertz CT molecular complexity index is 371. The van der Waals surface area contributed by atoms with E-state index in [9.17, 15) is 0 Å². The van der Waals surface area contributed by atoms with Crippen molar-refractivity contribution in [3.05, 3.63) is 24.3 Å². The summed E-state index contributed by atoms with van der Waals surface area (Å²) in [6.07, 6.45) is 0. The second kappa shape index (κ2) is 3.74. The Hall–Kier alpha value is -1.02. The van der Waals surface area contributed by atoms with E-state index in [1.807, 2.05) is 0 Å². The first kappa shape index (κ1) is 12.4. The van der Waals surface area contributed by atoms with Crippen LogP contribution in [0.5, 0.6) is 0 Å². The third-order valence-corrected chi connectivity index (χ3v) is 3.55. The van der Waals surface area contributed by atoms with E-state index in [1.165, 1.54) is 11.4 Å². The van der Waals surface area contributed by atoms with E-state index in [-0.39, 0.29) is 11.1 Å². The number of benzene rings is 1. The number of hydrogen-bond acceptors (Lipinski definition) is 1. The number of anilines is 1. The van der Waals surface area contributed by atoms with E-state index in [1.54, 1.807) is 4.90 Å². The molecule has 1 heterocycles. The molecule has 1 aromatic rings. The van der Waals surface area contributed by atoms with E-state index in [0.717, 1.165) is 6.67 Å². The predicted molar refractivity (Wildman–Crippen MR) is 73.9 cm³/mol. The van der Waals surface area contributed by atoms with E-state index in [2.05, 4.69) is 70.7 Å². The monoisotopic (exact) mass is 233 g/mol. The second-order valence-electron chi connectivity index (χ2n) is 7.00. The summed E-state index contributed by atoms with van der Waals surface area (Å²) in [7, 11) is 0. The fraction of sp³-hybridized carbons (Fsp3) is 0.600. The molecule has 1 aliphatic heterocycles. The lowest BCUT2D eigenvalue weighted by Crippen LogP contribution is -3.14. The van der Waals surface area contributed by atoms with Crippen molar-refractivity contribution >= 4 is 11.4 Å². The van der Waals surface area contributed by atoms with Crippen LogP contribution in [-0.4, -0.2) is 17.7 Å². The molecule has 1 aromatic carbocycles. The maximum Gasteiger partial charge on any atom is 0.158 e. The zero-order valence-electron chi connectivity index (χ0n) is 12.0. The molecule has 0 bridgehead atoms. The molecule has 0 saturated heterocycles. The van der Waals surface area contributed by atoms with Crippen LogP contribution in [0, 0.1) is 0 Å². The first-order valence-electron chi connectivity index (χ1n) is 6.44. The van der Waals surface area contributed by atoms with E-state index in [4.69, 9.17) is 0 Å². The minimum absolute atomic E-state index is 0.184. The van der Waals surface area contributed by atoms with Gasteiger partial charge < -0.3 is 4.90 Å². The van der Waals surface area contributed by atoms with Gasteiger partial charge in [0.1, 0.15) is 5.69 Å². The largest absolute Gasteiger partial charge is 0.315 e. The molecule has 2 nitrogen and oxygen atoms in total. The molecule has 2 rings (SSSR count). The maximum absolute atomic E-state index is 2.52. The highest BCUT2D eigenvalue weighted by atomic mass is 15.4. The SMILES string of the molecule is CC(C)(C)N1C[NH+](C(C)(C)C)c2ccccc21. The molecule has 94 valence electrons. The minimum atomic E-state index is 0.184. The van der Waals surface area contributed by atoms with Crippen molar-refractivity contribution in [1.82, 2.24) is 0 Å². The molecule has 0 amide bonds. The topological polar surface area (TPSA) is 7.68 Å². The van der Waals surface area contributed by atoms with Crippen molar-refractivity contribution in [3.63, 3.8) is 0 Å². The van der Waals surface area contributed by atoms with Gasteiger partial charge >= 0.3 is 0 Å². The zero-order chi connectivity index (χ0) is 12.8. The average molecular weight is 233 g/mol. The lowest BCUT2D eigenvalue weighted by atomic mass is 10.1. The Kier molecular flexibility index (Phi) is 2.74. The highest BCUT2D eigenvalue weighted by Gasteiger charge is 2.41. The molecule has 0 aliphatic carbocycles. The first-order valence-corrected chi connectivity index (χ1v) is 6.44. The van der Waals surface area contributed by atoms with Gasteiger partial charge in [-0.2, -0.15) is 0 Å². The summed E-state index contributed by atoms with van der Waals surface area (Å²) in [6, 6.07) is 8.81. The highest BCUT2D eigenvalue weighted by molar-refractivity contribution is 5.66. The number of hydrogen-bond donors (Lipinski definition) is 1. The van der Waals surface area contributed by atoms with Gasteiger partial charge in [-0.3, -0.25) is 4.90 Å². The molecule has 1 N–H and O–H groups in total. The van der Waals surface area contributed by atoms with Crippen LogP contribution in [-0.2, 0) is 0 Å². The number of nitrogens with one attached hydrogen (secondary N) is 1. The summed E-state index contributed by atoms with van der Waals surface area (Å²) in [5.74, 6) is 0. The number of rotatable bonds is 0. The van der Waals surface area contributed by atoms with Crippen LogP contribution in [0.2, 0.25) is 0 Å². The summed E-state index contributed by atoms with van der Waals surface area (Å²) in [4.78, 5) is 4.08. The van der Waals surface area contributed by atoms with Gasteiger partial charge in [-0.05, 0) is 47.6 Å². The van der Waals surface area contributed by atoms with Gasteiger partial charge in [0.2, 0.25) is 0 Å². The Balaban J connectivity index is 2.47. The molecular weight excluding hydrogens is 208 g/mol. The Morgan fingerprint density at radius 3 is 2.12 bits per heavy atom. The normalized spacial score (nSPS) is 20.6. The van der Waals surface area contributed by atoms with Gasteiger partial charge in [-0.25, -0.2) is 0 Å². The highest BCUT2D eigenvalue weighted by Crippen LogP contribution is 2.32. The molecule has 0 radical (unpaired) electrons. The molecule has 0 aromatic heterocycles. The fourth-order valence-electron chi connectivity index (χ4n) is 2.53. The Labute approximate surface area is 105 Å². The van der Waals surface area contributed by atoms with E-state index >= 15 is 0 Å². The van der Waals surface area contributed by atoms with Crippen LogP contribution in [0.4, 0.5) is 11.4 Å². The van der Waals surface area contributed by atoms with Crippen LogP contribution < -0.4 is 9.80 Å². The molecule has 17 heavy (non-hydrogen) atoms. The lowest BCUT2D eigenvalue weighted by Gasteiger charge is -2.34. The summed E-state index contributed by atoms with van der Waals surface area (Å²) in [5, 5.41) is 0. The standard InChI is InChI=1S/C15H24N2/c1-14(2,3)16-11-17(15(4,5)6)13-10-8-7-9-12(13)16/h7-10H,11H2,1-6H3/p+1. The quantitative estimate of drug-likeness (QED) is 0.723. The lowest BCUT2D eigenvalue weighted by molar-refractivity contribution is -0.877. The van der Waals surface area contributed by atoms with Crippen molar-refractivity contribution in [3.8, 4) is 0 Å². The fourth-order valence-corrected chi connectivity index (χ4v) is 2.53. The van der Waals surface area contributed by atoms with E-state index < -0.39 is 0 Å². The summed E-state index contributed by atoms with van der Waals surface area (Å²) < 4.78 is 0. The van der Waals surface area contributed by atoms with Gasteiger partial charge in [0, 0.05) is 11.6 Å². The van der Waals surface area contributed by atoms with Crippen molar-refractivity contribution in [2.75, 3.05) is 11.6 Å². The van der Waals surface area contributed by atoms with Crippen LogP contribution in [0.15, 0.2) is 24.3 Å². The number of fused-ring (bicyclic) bond motifs is 1. The first-order chi connectivity index (χ1) is 7.71. The van der Waals surface area contributed by atoms with Gasteiger partial charge in [0.05, 0.1) is 5.54 Å². The molecular formula is C15H25N2+. The average Bonchev–Trinajstić information content (AvgIpc) is 2.55. The second-order valence-corrected chi connectivity index (χ2v) is 7.00. The molecule has 0 saturated carbocycles. The summed E-state index contributed by atoms with van der Waals surface area (Å²) in [5.41, 5.74) is 3.26. The molecule has 0 spiro atoms. The molecule has 1 aliphatic rings. The van der Waals surface area contributed by atoms with Crippen molar-refractivity contribution in [2.45, 2.75) is 52.6 Å². The van der Waals surface area contributed by atoms with Crippen LogP contribution >= 0.6 is 0 Å². The Morgan fingerprint density at radius 2 is 1.59 bits per heavy atom. The molecule has 2 heteroatoms. The van der Waals surface area contributed by atoms with Gasteiger partial charge in [-0.1, -0.05) is 12.1 Å². The number of quaternary nitrogens is 1. The minimum Gasteiger partial charge on any atom is -0.315 e. The van der Waals surface area contributed by atoms with Gasteiger partial charge in [0.25, 0.3) is 0 Å².